The molecule has 1 aliphatic rings. The van der Waals surface area contributed by atoms with Crippen LogP contribution in [0.3, 0.4) is 0 Å². The van der Waals surface area contributed by atoms with Crippen molar-refractivity contribution in [2.24, 2.45) is 5.41 Å². The predicted octanol–water partition coefficient (Wildman–Crippen LogP) is 3.28. The molecule has 0 aromatic heterocycles. The molecule has 0 bridgehead atoms. The first-order chi connectivity index (χ1) is 9.40. The molecule has 1 aromatic rings. The number of hydrogen-bond donors (Lipinski definition) is 1. The van der Waals surface area contributed by atoms with E-state index in [9.17, 15) is 9.90 Å². The van der Waals surface area contributed by atoms with Crippen molar-refractivity contribution >= 4 is 33.5 Å². The summed E-state index contributed by atoms with van der Waals surface area (Å²) in [7, 11) is 0. The van der Waals surface area contributed by atoms with Crippen LogP contribution >= 0.6 is 27.5 Å². The van der Waals surface area contributed by atoms with Crippen molar-refractivity contribution < 1.29 is 14.6 Å². The summed E-state index contributed by atoms with van der Waals surface area (Å²) in [6.07, 6.45) is 0.687. The topological polar surface area (TPSA) is 49.8 Å². The van der Waals surface area contributed by atoms with Crippen molar-refractivity contribution in [1.82, 2.24) is 4.90 Å². The monoisotopic (exact) mass is 361 g/mol. The molecule has 0 spiro atoms. The Morgan fingerprint density at radius 2 is 2.35 bits per heavy atom. The molecule has 1 heterocycles. The minimum atomic E-state index is -0.721. The molecule has 1 fully saturated rings. The van der Waals surface area contributed by atoms with Gasteiger partial charge in [-0.2, -0.15) is 0 Å². The average Bonchev–Trinajstić information content (AvgIpc) is 2.75. The van der Waals surface area contributed by atoms with Crippen LogP contribution in [0.4, 0.5) is 0 Å². The standard InChI is InChI=1S/C14H17BrClNO3/c1-14(13(18)19)4-5-17(9-14)6-7-20-12-3-2-10(16)8-11(12)15/h2-3,8H,4-7,9H2,1H3,(H,18,19). The predicted molar refractivity (Wildman–Crippen MR) is 81.4 cm³/mol. The summed E-state index contributed by atoms with van der Waals surface area (Å²) in [6, 6.07) is 5.38. The maximum Gasteiger partial charge on any atom is 0.310 e. The zero-order valence-electron chi connectivity index (χ0n) is 11.2. The van der Waals surface area contributed by atoms with E-state index in [-0.39, 0.29) is 0 Å². The van der Waals surface area contributed by atoms with Gasteiger partial charge in [-0.1, -0.05) is 11.6 Å². The second kappa shape index (κ2) is 6.33. The first-order valence-electron chi connectivity index (χ1n) is 6.44. The highest BCUT2D eigenvalue weighted by Gasteiger charge is 2.40. The minimum absolute atomic E-state index is 0.524. The summed E-state index contributed by atoms with van der Waals surface area (Å²) in [5.74, 6) is 0.0240. The van der Waals surface area contributed by atoms with Gasteiger partial charge in [-0.05, 0) is 54.0 Å². The van der Waals surface area contributed by atoms with Gasteiger partial charge < -0.3 is 9.84 Å². The van der Waals surface area contributed by atoms with Gasteiger partial charge in [0.15, 0.2) is 0 Å². The lowest BCUT2D eigenvalue weighted by molar-refractivity contribution is -0.147. The average molecular weight is 363 g/mol. The molecule has 0 aliphatic carbocycles. The van der Waals surface area contributed by atoms with E-state index in [0.717, 1.165) is 23.3 Å². The fourth-order valence-corrected chi connectivity index (χ4v) is 3.10. The fraction of sp³-hybridized carbons (Fsp3) is 0.500. The molecular formula is C14H17BrClNO3. The Balaban J connectivity index is 1.81. The maximum absolute atomic E-state index is 11.2. The van der Waals surface area contributed by atoms with Crippen molar-refractivity contribution in [1.29, 1.82) is 0 Å². The molecule has 1 aliphatic heterocycles. The molecule has 1 atom stereocenters. The smallest absolute Gasteiger partial charge is 0.310 e. The Morgan fingerprint density at radius 1 is 1.60 bits per heavy atom. The van der Waals surface area contributed by atoms with Gasteiger partial charge in [0.05, 0.1) is 9.89 Å². The molecule has 110 valence electrons. The van der Waals surface area contributed by atoms with E-state index in [0.29, 0.717) is 24.6 Å². The Labute approximate surface area is 131 Å². The number of benzene rings is 1. The highest BCUT2D eigenvalue weighted by Crippen LogP contribution is 2.30. The van der Waals surface area contributed by atoms with E-state index < -0.39 is 11.4 Å². The summed E-state index contributed by atoms with van der Waals surface area (Å²) < 4.78 is 6.51. The van der Waals surface area contributed by atoms with Crippen molar-refractivity contribution in [3.8, 4) is 5.75 Å². The molecule has 2 rings (SSSR count). The van der Waals surface area contributed by atoms with Crippen LogP contribution in [0.2, 0.25) is 5.02 Å². The van der Waals surface area contributed by atoms with Crippen LogP contribution < -0.4 is 4.74 Å². The van der Waals surface area contributed by atoms with Crippen LogP contribution in [0.25, 0.3) is 0 Å². The van der Waals surface area contributed by atoms with Gasteiger partial charge in [0.2, 0.25) is 0 Å². The number of aliphatic carboxylic acids is 1. The van der Waals surface area contributed by atoms with Gasteiger partial charge in [-0.15, -0.1) is 0 Å². The SMILES string of the molecule is CC1(C(=O)O)CCN(CCOc2ccc(Cl)cc2Br)C1. The van der Waals surface area contributed by atoms with Crippen molar-refractivity contribution in [2.45, 2.75) is 13.3 Å². The Bertz CT molecular complexity index is 511. The molecule has 0 saturated carbocycles. The van der Waals surface area contributed by atoms with Crippen molar-refractivity contribution in [3.05, 3.63) is 27.7 Å². The van der Waals surface area contributed by atoms with E-state index in [4.69, 9.17) is 16.3 Å². The molecule has 0 amide bonds. The third-order valence-corrected chi connectivity index (χ3v) is 4.48. The minimum Gasteiger partial charge on any atom is -0.491 e. The van der Waals surface area contributed by atoms with Gasteiger partial charge in [-0.25, -0.2) is 0 Å². The van der Waals surface area contributed by atoms with Gasteiger partial charge in [0.25, 0.3) is 0 Å². The number of halogens is 2. The summed E-state index contributed by atoms with van der Waals surface area (Å²) in [6.45, 7) is 4.42. The number of nitrogens with zero attached hydrogens (tertiary/aromatic N) is 1. The van der Waals surface area contributed by atoms with Crippen LogP contribution in [0.1, 0.15) is 13.3 Å². The molecule has 20 heavy (non-hydrogen) atoms. The van der Waals surface area contributed by atoms with Gasteiger partial charge in [0, 0.05) is 18.1 Å². The second-order valence-corrected chi connectivity index (χ2v) is 6.61. The normalized spacial score (nSPS) is 22.9. The summed E-state index contributed by atoms with van der Waals surface area (Å²) in [4.78, 5) is 13.3. The zero-order chi connectivity index (χ0) is 14.8. The van der Waals surface area contributed by atoms with E-state index in [1.54, 1.807) is 19.1 Å². The quantitative estimate of drug-likeness (QED) is 0.873. The number of carboxylic acids is 1. The summed E-state index contributed by atoms with van der Waals surface area (Å²) in [5, 5.41) is 9.83. The van der Waals surface area contributed by atoms with Crippen LogP contribution in [-0.2, 0) is 4.79 Å². The van der Waals surface area contributed by atoms with Crippen molar-refractivity contribution in [2.75, 3.05) is 26.2 Å². The Hall–Kier alpha value is -0.780. The van der Waals surface area contributed by atoms with Gasteiger partial charge in [0.1, 0.15) is 12.4 Å². The Morgan fingerprint density at radius 3 is 2.95 bits per heavy atom. The summed E-state index contributed by atoms with van der Waals surface area (Å²) >= 11 is 9.26. The highest BCUT2D eigenvalue weighted by molar-refractivity contribution is 9.10. The molecule has 1 N–H and O–H groups in total. The van der Waals surface area contributed by atoms with Crippen LogP contribution in [0, 0.1) is 5.41 Å². The number of carbonyl (C=O) groups is 1. The number of ether oxygens (including phenoxy) is 1. The van der Waals surface area contributed by atoms with Gasteiger partial charge in [-0.3, -0.25) is 9.69 Å². The first-order valence-corrected chi connectivity index (χ1v) is 7.61. The summed E-state index contributed by atoms with van der Waals surface area (Å²) in [5.41, 5.74) is -0.624. The highest BCUT2D eigenvalue weighted by atomic mass is 79.9. The number of rotatable bonds is 5. The van der Waals surface area contributed by atoms with Crippen LogP contribution in [0.15, 0.2) is 22.7 Å². The van der Waals surface area contributed by atoms with Gasteiger partial charge >= 0.3 is 5.97 Å². The van der Waals surface area contributed by atoms with E-state index >= 15 is 0 Å². The lowest BCUT2D eigenvalue weighted by Gasteiger charge is -2.20. The molecule has 1 aromatic carbocycles. The third-order valence-electron chi connectivity index (χ3n) is 3.63. The number of carboxylic acid groups (broad SMARTS) is 1. The van der Waals surface area contributed by atoms with Crippen molar-refractivity contribution in [3.63, 3.8) is 0 Å². The molecular weight excluding hydrogens is 346 g/mol. The number of hydrogen-bond acceptors (Lipinski definition) is 3. The van der Waals surface area contributed by atoms with E-state index in [2.05, 4.69) is 20.8 Å². The zero-order valence-corrected chi connectivity index (χ0v) is 13.6. The molecule has 1 saturated heterocycles. The molecule has 0 radical (unpaired) electrons. The molecule has 4 nitrogen and oxygen atoms in total. The fourth-order valence-electron chi connectivity index (χ4n) is 2.30. The van der Waals surface area contributed by atoms with Crippen LogP contribution in [0.5, 0.6) is 5.75 Å². The molecule has 6 heteroatoms. The largest absolute Gasteiger partial charge is 0.491 e. The van der Waals surface area contributed by atoms with E-state index in [1.165, 1.54) is 0 Å². The van der Waals surface area contributed by atoms with E-state index in [1.807, 2.05) is 6.07 Å². The number of likely N-dealkylation sites (tertiary alicyclic amines) is 1. The first kappa shape index (κ1) is 15.6. The maximum atomic E-state index is 11.2. The van der Waals surface area contributed by atoms with Crippen LogP contribution in [-0.4, -0.2) is 42.2 Å². The lowest BCUT2D eigenvalue weighted by atomic mass is 9.90. The second-order valence-electron chi connectivity index (χ2n) is 5.32. The lowest BCUT2D eigenvalue weighted by Crippen LogP contribution is -2.33. The molecule has 1 unspecified atom stereocenters. The third kappa shape index (κ3) is 3.65. The Kier molecular flexibility index (Phi) is 4.94.